The molecule has 188 valence electrons. The molecule has 1 saturated heterocycles. The Morgan fingerprint density at radius 2 is 1.78 bits per heavy atom. The predicted octanol–water partition coefficient (Wildman–Crippen LogP) is 5.59. The van der Waals surface area contributed by atoms with Gasteiger partial charge in [0.05, 0.1) is 17.8 Å². The fourth-order valence-electron chi connectivity index (χ4n) is 5.72. The number of rotatable bonds is 7. The normalized spacial score (nSPS) is 17.1. The van der Waals surface area contributed by atoms with E-state index in [2.05, 4.69) is 27.6 Å². The van der Waals surface area contributed by atoms with E-state index in [1.54, 1.807) is 18.3 Å². The number of piperidine rings is 1. The summed E-state index contributed by atoms with van der Waals surface area (Å²) < 4.78 is 14.7. The number of hydrogen-bond donors (Lipinski definition) is 2. The van der Waals surface area contributed by atoms with Crippen molar-refractivity contribution in [2.24, 2.45) is 5.92 Å². The highest BCUT2D eigenvalue weighted by Gasteiger charge is 2.35. The zero-order chi connectivity index (χ0) is 25.4. The Hall–Kier alpha value is -4.00. The van der Waals surface area contributed by atoms with Crippen LogP contribution in [0.1, 0.15) is 59.1 Å². The minimum atomic E-state index is -0.371. The summed E-state index contributed by atoms with van der Waals surface area (Å²) in [6.07, 6.45) is 6.36. The van der Waals surface area contributed by atoms with E-state index >= 15 is 0 Å². The topological polar surface area (TPSA) is 78.1 Å². The number of nitrogens with one attached hydrogen (secondary N) is 2. The van der Waals surface area contributed by atoms with Crippen LogP contribution in [0.2, 0.25) is 0 Å². The molecule has 4 aromatic rings. The molecule has 1 unspecified atom stereocenters. The second-order valence-electron chi connectivity index (χ2n) is 10.1. The molecular weight excluding hydrogens is 467 g/mol. The average molecular weight is 497 g/mol. The van der Waals surface area contributed by atoms with Gasteiger partial charge in [0.15, 0.2) is 0 Å². The van der Waals surface area contributed by atoms with Crippen LogP contribution in [-0.2, 0) is 4.79 Å². The molecule has 7 heteroatoms. The number of nitrogens with zero attached hydrogens (tertiary/aromatic N) is 2. The van der Waals surface area contributed by atoms with Crippen molar-refractivity contribution in [3.63, 3.8) is 0 Å². The third kappa shape index (κ3) is 4.50. The first-order valence-corrected chi connectivity index (χ1v) is 12.9. The molecule has 1 saturated carbocycles. The van der Waals surface area contributed by atoms with Crippen molar-refractivity contribution in [3.8, 4) is 11.1 Å². The molecule has 2 heterocycles. The molecule has 0 radical (unpaired) electrons. The Labute approximate surface area is 214 Å². The summed E-state index contributed by atoms with van der Waals surface area (Å²) in [6, 6.07) is 18.3. The van der Waals surface area contributed by atoms with E-state index in [-0.39, 0.29) is 29.6 Å². The van der Waals surface area contributed by atoms with Gasteiger partial charge in [0.1, 0.15) is 5.82 Å². The Kier molecular flexibility index (Phi) is 6.20. The first-order chi connectivity index (χ1) is 18.1. The number of fused-ring (bicyclic) bond motifs is 1. The molecule has 2 N–H and O–H groups in total. The minimum absolute atomic E-state index is 0.219. The van der Waals surface area contributed by atoms with E-state index in [1.807, 2.05) is 35.2 Å². The van der Waals surface area contributed by atoms with Crippen LogP contribution >= 0.6 is 0 Å². The standard InChI is InChI=1S/C30H29FN4O2/c31-26-8-4-3-7-23(26)29(20-9-10-20)33-30(37)24-11-12-27-25(17-32-34-27)28(24)22-6-2-1-5-21(22)19-13-15-35(18-36)16-14-19/h1-8,11-12,17-20,29H,9-10,13-16H2,(H,32,34)(H,33,37). The van der Waals surface area contributed by atoms with Crippen molar-refractivity contribution in [1.82, 2.24) is 20.4 Å². The number of carbonyl (C=O) groups is 2. The molecule has 2 amide bonds. The fraction of sp³-hybridized carbons (Fsp3) is 0.300. The van der Waals surface area contributed by atoms with Crippen LogP contribution in [0, 0.1) is 11.7 Å². The first kappa shape index (κ1) is 23.4. The largest absolute Gasteiger partial charge is 0.345 e. The smallest absolute Gasteiger partial charge is 0.252 e. The highest BCUT2D eigenvalue weighted by molar-refractivity contribution is 6.09. The summed E-state index contributed by atoms with van der Waals surface area (Å²) in [5.41, 5.74) is 4.94. The summed E-state index contributed by atoms with van der Waals surface area (Å²) >= 11 is 0. The minimum Gasteiger partial charge on any atom is -0.345 e. The lowest BCUT2D eigenvalue weighted by Gasteiger charge is -2.31. The van der Waals surface area contributed by atoms with Gasteiger partial charge in [-0.15, -0.1) is 0 Å². The molecule has 37 heavy (non-hydrogen) atoms. The maximum absolute atomic E-state index is 14.7. The molecule has 1 aliphatic heterocycles. The van der Waals surface area contributed by atoms with Gasteiger partial charge in [-0.25, -0.2) is 4.39 Å². The van der Waals surface area contributed by atoms with Crippen LogP contribution < -0.4 is 5.32 Å². The van der Waals surface area contributed by atoms with Crippen LogP contribution in [0.3, 0.4) is 0 Å². The SMILES string of the molecule is O=CN1CCC(c2ccccc2-c2c(C(=O)NC(c3ccccc3F)C3CC3)ccc3[nH]ncc23)CC1. The van der Waals surface area contributed by atoms with Crippen molar-refractivity contribution in [2.75, 3.05) is 13.1 Å². The summed E-state index contributed by atoms with van der Waals surface area (Å²) in [7, 11) is 0. The molecule has 1 aromatic heterocycles. The Bertz CT molecular complexity index is 1450. The molecule has 2 fully saturated rings. The number of benzene rings is 3. The van der Waals surface area contributed by atoms with Crippen LogP contribution in [0.4, 0.5) is 4.39 Å². The molecule has 1 aliphatic carbocycles. The van der Waals surface area contributed by atoms with Crippen molar-refractivity contribution in [2.45, 2.75) is 37.6 Å². The van der Waals surface area contributed by atoms with Gasteiger partial charge in [0.25, 0.3) is 5.91 Å². The molecule has 0 bridgehead atoms. The third-order valence-corrected chi connectivity index (χ3v) is 7.84. The second kappa shape index (κ2) is 9.81. The molecule has 3 aromatic carbocycles. The van der Waals surface area contributed by atoms with E-state index in [0.29, 0.717) is 11.1 Å². The number of aromatic nitrogens is 2. The Morgan fingerprint density at radius 3 is 2.54 bits per heavy atom. The molecule has 6 nitrogen and oxygen atoms in total. The van der Waals surface area contributed by atoms with Gasteiger partial charge in [-0.1, -0.05) is 42.5 Å². The highest BCUT2D eigenvalue weighted by atomic mass is 19.1. The number of likely N-dealkylation sites (tertiary alicyclic amines) is 1. The van der Waals surface area contributed by atoms with Gasteiger partial charge >= 0.3 is 0 Å². The lowest BCUT2D eigenvalue weighted by Crippen LogP contribution is -2.32. The van der Waals surface area contributed by atoms with Gasteiger partial charge < -0.3 is 10.2 Å². The van der Waals surface area contributed by atoms with E-state index in [0.717, 1.165) is 67.2 Å². The molecule has 2 aliphatic rings. The zero-order valence-electron chi connectivity index (χ0n) is 20.5. The summed E-state index contributed by atoms with van der Waals surface area (Å²) in [5.74, 6) is 0.00129. The second-order valence-corrected chi connectivity index (χ2v) is 10.1. The third-order valence-electron chi connectivity index (χ3n) is 7.84. The van der Waals surface area contributed by atoms with Crippen molar-refractivity contribution < 1.29 is 14.0 Å². The molecule has 0 spiro atoms. The van der Waals surface area contributed by atoms with Gasteiger partial charge in [0, 0.05) is 35.2 Å². The number of carbonyl (C=O) groups excluding carboxylic acids is 2. The molecular formula is C30H29FN4O2. The Balaban J connectivity index is 1.41. The van der Waals surface area contributed by atoms with E-state index in [1.165, 1.54) is 11.6 Å². The highest BCUT2D eigenvalue weighted by Crippen LogP contribution is 2.43. The number of hydrogen-bond acceptors (Lipinski definition) is 3. The summed E-state index contributed by atoms with van der Waals surface area (Å²) in [5, 5.41) is 11.3. The van der Waals surface area contributed by atoms with Crippen LogP contribution in [-0.4, -0.2) is 40.5 Å². The first-order valence-electron chi connectivity index (χ1n) is 12.9. The van der Waals surface area contributed by atoms with E-state index in [9.17, 15) is 14.0 Å². The average Bonchev–Trinajstić information content (AvgIpc) is 3.67. The fourth-order valence-corrected chi connectivity index (χ4v) is 5.72. The van der Waals surface area contributed by atoms with Crippen LogP contribution in [0.25, 0.3) is 22.0 Å². The number of aromatic amines is 1. The number of amides is 2. The van der Waals surface area contributed by atoms with Crippen molar-refractivity contribution in [1.29, 1.82) is 0 Å². The van der Waals surface area contributed by atoms with Gasteiger partial charge in [0.2, 0.25) is 6.41 Å². The van der Waals surface area contributed by atoms with E-state index < -0.39 is 0 Å². The zero-order valence-corrected chi connectivity index (χ0v) is 20.5. The predicted molar refractivity (Wildman–Crippen MR) is 140 cm³/mol. The van der Waals surface area contributed by atoms with Crippen molar-refractivity contribution >= 4 is 23.2 Å². The summed E-state index contributed by atoms with van der Waals surface area (Å²) in [4.78, 5) is 26.9. The summed E-state index contributed by atoms with van der Waals surface area (Å²) in [6.45, 7) is 1.44. The van der Waals surface area contributed by atoms with Gasteiger partial charge in [-0.2, -0.15) is 5.10 Å². The van der Waals surface area contributed by atoms with E-state index in [4.69, 9.17) is 0 Å². The molecule has 6 rings (SSSR count). The van der Waals surface area contributed by atoms with Gasteiger partial charge in [-0.3, -0.25) is 14.7 Å². The maximum Gasteiger partial charge on any atom is 0.252 e. The van der Waals surface area contributed by atoms with Crippen molar-refractivity contribution in [3.05, 3.63) is 89.4 Å². The Morgan fingerprint density at radius 1 is 1.03 bits per heavy atom. The van der Waals surface area contributed by atoms with Crippen LogP contribution in [0.5, 0.6) is 0 Å². The van der Waals surface area contributed by atoms with Gasteiger partial charge in [-0.05, 0) is 66.8 Å². The maximum atomic E-state index is 14.7. The number of H-pyrrole nitrogens is 1. The lowest BCUT2D eigenvalue weighted by molar-refractivity contribution is -0.119. The number of halogens is 1. The molecule has 1 atom stereocenters. The quantitative estimate of drug-likeness (QED) is 0.328. The van der Waals surface area contributed by atoms with Crippen LogP contribution in [0.15, 0.2) is 66.9 Å². The monoisotopic (exact) mass is 496 g/mol. The lowest BCUT2D eigenvalue weighted by atomic mass is 9.82.